The molecule has 42 heavy (non-hydrogen) atoms. The van der Waals surface area contributed by atoms with Gasteiger partial charge in [-0.3, -0.25) is 0 Å². The molecule has 1 aliphatic carbocycles. The average Bonchev–Trinajstić information content (AvgIpc) is 3.52. The number of nitrogens with zero attached hydrogens (tertiary/aromatic N) is 3. The fourth-order valence-corrected chi connectivity index (χ4v) is 6.14. The van der Waals surface area contributed by atoms with E-state index in [0.717, 1.165) is 41.0 Å². The summed E-state index contributed by atoms with van der Waals surface area (Å²) in [6, 6.07) is 16.4. The van der Waals surface area contributed by atoms with Crippen molar-refractivity contribution in [2.24, 2.45) is 11.1 Å². The van der Waals surface area contributed by atoms with Crippen LogP contribution in [0.25, 0.3) is 27.5 Å². The Morgan fingerprint density at radius 2 is 1.71 bits per heavy atom. The Kier molecular flexibility index (Phi) is 7.21. The number of rotatable bonds is 9. The van der Waals surface area contributed by atoms with Crippen LogP contribution in [-0.2, 0) is 22.9 Å². The van der Waals surface area contributed by atoms with Crippen LogP contribution in [0.4, 0.5) is 8.78 Å². The van der Waals surface area contributed by atoms with Gasteiger partial charge in [0.25, 0.3) is 0 Å². The minimum atomic E-state index is -3.86. The highest BCUT2D eigenvalue weighted by atomic mass is 32.2. The first-order valence-corrected chi connectivity index (χ1v) is 15.5. The summed E-state index contributed by atoms with van der Waals surface area (Å²) in [6.45, 7) is 0. The van der Waals surface area contributed by atoms with Gasteiger partial charge < -0.3 is 5.11 Å². The molecule has 0 atom stereocenters. The van der Waals surface area contributed by atoms with Crippen LogP contribution in [0.5, 0.6) is 0 Å². The van der Waals surface area contributed by atoms with Crippen molar-refractivity contribution in [3.05, 3.63) is 106 Å². The number of aromatic nitrogens is 3. The molecule has 1 aliphatic rings. The third kappa shape index (κ3) is 5.73. The lowest BCUT2D eigenvalue weighted by molar-refractivity contribution is 0.0691. The highest BCUT2D eigenvalue weighted by Crippen LogP contribution is 2.39. The van der Waals surface area contributed by atoms with E-state index in [0.29, 0.717) is 40.7 Å². The molecule has 0 radical (unpaired) electrons. The predicted molar refractivity (Wildman–Crippen MR) is 154 cm³/mol. The maximum absolute atomic E-state index is 15.0. The zero-order valence-corrected chi connectivity index (χ0v) is 23.6. The fraction of sp³-hybridized carbons (Fsp3) is 0.167. The lowest BCUT2D eigenvalue weighted by Gasteiger charge is -2.10. The Morgan fingerprint density at radius 3 is 2.33 bits per heavy atom. The molecule has 1 fully saturated rings. The van der Waals surface area contributed by atoms with E-state index in [1.807, 2.05) is 0 Å². The van der Waals surface area contributed by atoms with Crippen molar-refractivity contribution in [2.75, 3.05) is 0 Å². The van der Waals surface area contributed by atoms with Crippen molar-refractivity contribution >= 4 is 27.3 Å². The number of hydrogen-bond donors (Lipinski definition) is 2. The third-order valence-electron chi connectivity index (χ3n) is 7.19. The normalized spacial score (nSPS) is 13.4. The molecule has 0 amide bonds. The smallest absolute Gasteiger partial charge is 0.355 e. The van der Waals surface area contributed by atoms with Crippen molar-refractivity contribution in [1.29, 1.82) is 0 Å². The topological polar surface area (TPSA) is 128 Å². The fourth-order valence-electron chi connectivity index (χ4n) is 4.85. The molecule has 3 N–H and O–H groups in total. The molecule has 0 bridgehead atoms. The Morgan fingerprint density at radius 1 is 1.02 bits per heavy atom. The number of nitrogens with two attached hydrogens (primary N) is 1. The molecule has 0 saturated heterocycles. The maximum atomic E-state index is 15.0. The van der Waals surface area contributed by atoms with Crippen molar-refractivity contribution in [3.8, 4) is 27.5 Å². The second-order valence-corrected chi connectivity index (χ2v) is 12.6. The zero-order chi connectivity index (χ0) is 29.6. The first-order chi connectivity index (χ1) is 20.1. The standard InChI is InChI=1S/C30H24F2N4O4S2/c31-21-8-5-19(6-9-21)23-15-20(7-12-25(23)32)28-24(13-17-3-10-22(11-4-17)42(33,39)40)27(14-18-1-2-18)36(35-28)30-34-26(16-41-30)29(37)38/h3-12,15-16,18H,1-2,13-14H2,(H,37,38)(H2,33,39,40). The van der Waals surface area contributed by atoms with E-state index in [1.165, 1.54) is 47.8 Å². The van der Waals surface area contributed by atoms with Gasteiger partial charge in [0.1, 0.15) is 11.6 Å². The van der Waals surface area contributed by atoms with E-state index in [9.17, 15) is 22.7 Å². The van der Waals surface area contributed by atoms with Gasteiger partial charge in [0.2, 0.25) is 15.2 Å². The van der Waals surface area contributed by atoms with Crippen LogP contribution in [0.15, 0.2) is 77.0 Å². The predicted octanol–water partition coefficient (Wildman–Crippen LogP) is 5.83. The number of carbonyl (C=O) groups is 1. The molecule has 0 spiro atoms. The van der Waals surface area contributed by atoms with Gasteiger partial charge in [0.15, 0.2) is 5.69 Å². The molecule has 5 aromatic rings. The van der Waals surface area contributed by atoms with Crippen LogP contribution in [0, 0.1) is 17.6 Å². The van der Waals surface area contributed by atoms with Crippen LogP contribution in [0.3, 0.4) is 0 Å². The van der Waals surface area contributed by atoms with E-state index in [-0.39, 0.29) is 16.2 Å². The summed E-state index contributed by atoms with van der Waals surface area (Å²) in [5, 5.41) is 21.5. The molecule has 2 aromatic heterocycles. The Balaban J connectivity index is 1.52. The molecule has 8 nitrogen and oxygen atoms in total. The summed E-state index contributed by atoms with van der Waals surface area (Å²) in [5.41, 5.74) is 4.32. The molecule has 12 heteroatoms. The van der Waals surface area contributed by atoms with E-state index >= 15 is 4.39 Å². The zero-order valence-electron chi connectivity index (χ0n) is 22.0. The quantitative estimate of drug-likeness (QED) is 0.217. The third-order valence-corrected chi connectivity index (χ3v) is 8.93. The second kappa shape index (κ2) is 10.9. The van der Waals surface area contributed by atoms with E-state index in [4.69, 9.17) is 10.2 Å². The molecule has 0 unspecified atom stereocenters. The van der Waals surface area contributed by atoms with Crippen LogP contribution in [-0.4, -0.2) is 34.3 Å². The van der Waals surface area contributed by atoms with E-state index in [1.54, 1.807) is 28.9 Å². The van der Waals surface area contributed by atoms with Crippen LogP contribution in [0.1, 0.15) is 40.2 Å². The molecule has 2 heterocycles. The van der Waals surface area contributed by atoms with Gasteiger partial charge in [0.05, 0.1) is 16.3 Å². The van der Waals surface area contributed by atoms with Gasteiger partial charge in [-0.2, -0.15) is 5.10 Å². The van der Waals surface area contributed by atoms with Crippen molar-refractivity contribution in [3.63, 3.8) is 0 Å². The monoisotopic (exact) mass is 606 g/mol. The molecule has 6 rings (SSSR count). The maximum Gasteiger partial charge on any atom is 0.355 e. The minimum Gasteiger partial charge on any atom is -0.476 e. The highest BCUT2D eigenvalue weighted by molar-refractivity contribution is 7.89. The number of carboxylic acids is 1. The lowest BCUT2D eigenvalue weighted by atomic mass is 9.95. The van der Waals surface area contributed by atoms with E-state index < -0.39 is 27.6 Å². The molecule has 214 valence electrons. The SMILES string of the molecule is NS(=O)(=O)c1ccc(Cc2c(-c3ccc(F)c(-c4ccc(F)cc4)c3)nn(-c3nc(C(=O)O)cs3)c2CC2CC2)cc1. The summed E-state index contributed by atoms with van der Waals surface area (Å²) in [4.78, 5) is 15.9. The molecule has 3 aromatic carbocycles. The summed E-state index contributed by atoms with van der Waals surface area (Å²) < 4.78 is 53.9. The van der Waals surface area contributed by atoms with Gasteiger partial charge in [-0.05, 0) is 78.8 Å². The first kappa shape index (κ1) is 27.9. The summed E-state index contributed by atoms with van der Waals surface area (Å²) in [6.07, 6.45) is 3.13. The Bertz CT molecular complexity index is 1910. The van der Waals surface area contributed by atoms with Crippen LogP contribution >= 0.6 is 11.3 Å². The number of thiazole rings is 1. The lowest BCUT2D eigenvalue weighted by Crippen LogP contribution is -2.12. The largest absolute Gasteiger partial charge is 0.476 e. The minimum absolute atomic E-state index is 0.00756. The van der Waals surface area contributed by atoms with Gasteiger partial charge in [0, 0.05) is 28.5 Å². The number of halogens is 2. The summed E-state index contributed by atoms with van der Waals surface area (Å²) in [7, 11) is -3.86. The molecular formula is C30H24F2N4O4S2. The van der Waals surface area contributed by atoms with Gasteiger partial charge in [-0.25, -0.2) is 36.8 Å². The summed E-state index contributed by atoms with van der Waals surface area (Å²) >= 11 is 1.16. The van der Waals surface area contributed by atoms with Crippen molar-refractivity contribution < 1.29 is 27.1 Å². The number of hydrogen-bond acceptors (Lipinski definition) is 6. The Hall–Kier alpha value is -4.26. The Labute approximate surface area is 244 Å². The number of primary sulfonamides is 1. The molecular weight excluding hydrogens is 582 g/mol. The van der Waals surface area contributed by atoms with Crippen LogP contribution < -0.4 is 5.14 Å². The van der Waals surface area contributed by atoms with Gasteiger partial charge in [-0.15, -0.1) is 11.3 Å². The van der Waals surface area contributed by atoms with Gasteiger partial charge >= 0.3 is 5.97 Å². The summed E-state index contributed by atoms with van der Waals surface area (Å²) in [5.74, 6) is -1.63. The first-order valence-electron chi connectivity index (χ1n) is 13.0. The highest BCUT2D eigenvalue weighted by Gasteiger charge is 2.29. The molecule has 0 aliphatic heterocycles. The van der Waals surface area contributed by atoms with Gasteiger partial charge in [-0.1, -0.05) is 24.3 Å². The van der Waals surface area contributed by atoms with Crippen LogP contribution in [0.2, 0.25) is 0 Å². The number of aromatic carboxylic acids is 1. The van der Waals surface area contributed by atoms with E-state index in [2.05, 4.69) is 4.98 Å². The number of benzene rings is 3. The second-order valence-electron chi connectivity index (χ2n) is 10.2. The van der Waals surface area contributed by atoms with Crippen molar-refractivity contribution in [2.45, 2.75) is 30.6 Å². The average molecular weight is 607 g/mol. The number of carboxylic acid groups (broad SMARTS) is 1. The molecule has 1 saturated carbocycles. The number of sulfonamides is 1. The van der Waals surface area contributed by atoms with Crippen molar-refractivity contribution in [1.82, 2.24) is 14.8 Å².